The van der Waals surface area contributed by atoms with Crippen LogP contribution in [0.3, 0.4) is 0 Å². The molecule has 0 aliphatic carbocycles. The maximum absolute atomic E-state index is 11.6. The topological polar surface area (TPSA) is 56.3 Å². The van der Waals surface area contributed by atoms with Gasteiger partial charge in [-0.1, -0.05) is 13.8 Å². The maximum atomic E-state index is 11.6. The van der Waals surface area contributed by atoms with Gasteiger partial charge in [-0.3, -0.25) is 0 Å². The van der Waals surface area contributed by atoms with Gasteiger partial charge in [-0.2, -0.15) is 0 Å². The maximum Gasteiger partial charge on any atom is 0.115 e. The number of ether oxygens (including phenoxy) is 1. The van der Waals surface area contributed by atoms with Crippen LogP contribution in [0.1, 0.15) is 33.1 Å². The molecule has 0 radical (unpaired) electrons. The van der Waals surface area contributed by atoms with Crippen LogP contribution in [0.25, 0.3) is 0 Å². The zero-order valence-electron chi connectivity index (χ0n) is 11.7. The van der Waals surface area contributed by atoms with E-state index in [2.05, 4.69) is 23.9 Å². The molecule has 106 valence electrons. The molecule has 18 heavy (non-hydrogen) atoms. The van der Waals surface area contributed by atoms with Crippen molar-refractivity contribution in [2.45, 2.75) is 45.3 Å². The van der Waals surface area contributed by atoms with Crippen LogP contribution in [0, 0.1) is 11.3 Å². The first kappa shape index (κ1) is 14.6. The van der Waals surface area contributed by atoms with E-state index in [0.29, 0.717) is 5.92 Å². The minimum absolute atomic E-state index is 0.191. The number of rotatable bonds is 4. The van der Waals surface area contributed by atoms with Crippen molar-refractivity contribution in [3.05, 3.63) is 0 Å². The minimum Gasteiger partial charge on any atom is -0.598 e. The fourth-order valence-corrected chi connectivity index (χ4v) is 4.04. The molecule has 2 aliphatic heterocycles. The molecule has 0 amide bonds. The molecule has 0 aromatic carbocycles. The van der Waals surface area contributed by atoms with Gasteiger partial charge in [0.15, 0.2) is 0 Å². The van der Waals surface area contributed by atoms with Crippen LogP contribution in [0.5, 0.6) is 0 Å². The molecule has 2 heterocycles. The van der Waals surface area contributed by atoms with Crippen LogP contribution in [-0.2, 0) is 16.1 Å². The van der Waals surface area contributed by atoms with E-state index >= 15 is 0 Å². The van der Waals surface area contributed by atoms with Crippen molar-refractivity contribution in [1.82, 2.24) is 10.0 Å². The Morgan fingerprint density at radius 2 is 2.11 bits per heavy atom. The van der Waals surface area contributed by atoms with Crippen molar-refractivity contribution in [2.24, 2.45) is 11.3 Å². The molecule has 0 bridgehead atoms. The van der Waals surface area contributed by atoms with Crippen molar-refractivity contribution < 1.29 is 9.29 Å². The summed E-state index contributed by atoms with van der Waals surface area (Å²) in [5, 5.41) is 3.41. The van der Waals surface area contributed by atoms with Gasteiger partial charge in [0.25, 0.3) is 0 Å². The summed E-state index contributed by atoms with van der Waals surface area (Å²) >= 11 is -0.969. The molecule has 2 fully saturated rings. The molecule has 2 saturated heterocycles. The normalized spacial score (nSPS) is 33.2. The number of nitrogens with one attached hydrogen (secondary N) is 2. The third kappa shape index (κ3) is 3.20. The van der Waals surface area contributed by atoms with Crippen LogP contribution >= 0.6 is 0 Å². The summed E-state index contributed by atoms with van der Waals surface area (Å²) in [5.74, 6) is 0.612. The third-order valence-electron chi connectivity index (χ3n) is 4.21. The van der Waals surface area contributed by atoms with Crippen LogP contribution in [0.2, 0.25) is 0 Å². The zero-order chi connectivity index (χ0) is 13.2. The smallest absolute Gasteiger partial charge is 0.115 e. The van der Waals surface area contributed by atoms with E-state index in [1.54, 1.807) is 6.26 Å². The summed E-state index contributed by atoms with van der Waals surface area (Å²) in [6.07, 6.45) is 5.23. The van der Waals surface area contributed by atoms with E-state index < -0.39 is 11.4 Å². The second-order valence-corrected chi connectivity index (χ2v) is 7.28. The Morgan fingerprint density at radius 3 is 2.67 bits per heavy atom. The second kappa shape index (κ2) is 6.09. The average molecular weight is 274 g/mol. The number of hydrogen-bond donors (Lipinski definition) is 2. The largest absolute Gasteiger partial charge is 0.598 e. The Balaban J connectivity index is 2.09. The van der Waals surface area contributed by atoms with E-state index in [4.69, 9.17) is 4.74 Å². The van der Waals surface area contributed by atoms with Crippen LogP contribution in [0.15, 0.2) is 0 Å². The van der Waals surface area contributed by atoms with E-state index in [0.717, 1.165) is 39.0 Å². The van der Waals surface area contributed by atoms with Gasteiger partial charge < -0.3 is 14.6 Å². The molecular formula is C13H26N2O2S. The van der Waals surface area contributed by atoms with Crippen LogP contribution < -0.4 is 10.0 Å². The number of hydrogen-bond acceptors (Lipinski definition) is 4. The second-order valence-electron chi connectivity index (χ2n) is 6.14. The van der Waals surface area contributed by atoms with Crippen LogP contribution in [0.4, 0.5) is 0 Å². The molecule has 0 unspecified atom stereocenters. The molecule has 2 N–H and O–H groups in total. The van der Waals surface area contributed by atoms with Gasteiger partial charge in [-0.15, -0.1) is 4.72 Å². The van der Waals surface area contributed by atoms with Gasteiger partial charge >= 0.3 is 0 Å². The Bertz CT molecular complexity index is 268. The van der Waals surface area contributed by atoms with E-state index in [1.807, 2.05) is 0 Å². The van der Waals surface area contributed by atoms with E-state index in [-0.39, 0.29) is 17.6 Å². The Kier molecular flexibility index (Phi) is 4.94. The molecule has 5 heteroatoms. The summed E-state index contributed by atoms with van der Waals surface area (Å²) in [6, 6.07) is 0.243. The van der Waals surface area contributed by atoms with Gasteiger partial charge in [-0.05, 0) is 38.3 Å². The quantitative estimate of drug-likeness (QED) is 0.753. The predicted molar refractivity (Wildman–Crippen MR) is 74.7 cm³/mol. The SMILES string of the molecule is CC(C)C[C@H]1OCC2(CCNCC2)[C@@H]1N[S@@+](C)[O-]. The highest BCUT2D eigenvalue weighted by atomic mass is 32.2. The summed E-state index contributed by atoms with van der Waals surface area (Å²) in [6.45, 7) is 7.35. The van der Waals surface area contributed by atoms with Crippen molar-refractivity contribution >= 4 is 11.4 Å². The van der Waals surface area contributed by atoms with Gasteiger partial charge in [0.05, 0.1) is 18.8 Å². The fourth-order valence-electron chi connectivity index (χ4n) is 3.28. The van der Waals surface area contributed by atoms with Crippen molar-refractivity contribution in [3.63, 3.8) is 0 Å². The van der Waals surface area contributed by atoms with E-state index in [9.17, 15) is 4.55 Å². The average Bonchev–Trinajstić information content (AvgIpc) is 2.59. The lowest BCUT2D eigenvalue weighted by molar-refractivity contribution is 0.0740. The third-order valence-corrected chi connectivity index (χ3v) is 4.80. The molecule has 2 rings (SSSR count). The first-order valence-corrected chi connectivity index (χ1v) is 8.51. The minimum atomic E-state index is -0.969. The molecule has 3 atom stereocenters. The monoisotopic (exact) mass is 274 g/mol. The molecule has 0 aromatic rings. The molecule has 2 aliphatic rings. The summed E-state index contributed by atoms with van der Waals surface area (Å²) in [5.41, 5.74) is 0.191. The molecule has 0 aromatic heterocycles. The first-order chi connectivity index (χ1) is 8.53. The summed E-state index contributed by atoms with van der Waals surface area (Å²) < 4.78 is 20.9. The summed E-state index contributed by atoms with van der Waals surface area (Å²) in [4.78, 5) is 0. The lowest BCUT2D eigenvalue weighted by Crippen LogP contribution is -2.53. The lowest BCUT2D eigenvalue weighted by atomic mass is 9.73. The molecule has 4 nitrogen and oxygen atoms in total. The standard InChI is InChI=1S/C13H26N2O2S/c1-10(2)8-11-12(15-18(3)16)13(9-17-11)4-6-14-7-5-13/h10-12,14-15H,4-9H2,1-3H3/t11-,12-,18-/m1/s1. The highest BCUT2D eigenvalue weighted by Crippen LogP contribution is 2.42. The van der Waals surface area contributed by atoms with E-state index in [1.165, 1.54) is 0 Å². The number of piperidine rings is 1. The molecule has 1 spiro atoms. The van der Waals surface area contributed by atoms with Gasteiger partial charge in [0.1, 0.15) is 6.26 Å². The molecule has 0 saturated carbocycles. The Hall–Kier alpha value is 0.190. The Morgan fingerprint density at radius 1 is 1.44 bits per heavy atom. The summed E-state index contributed by atoms with van der Waals surface area (Å²) in [7, 11) is 0. The van der Waals surface area contributed by atoms with Crippen LogP contribution in [-0.4, -0.2) is 42.7 Å². The fraction of sp³-hybridized carbons (Fsp3) is 1.00. The van der Waals surface area contributed by atoms with Crippen molar-refractivity contribution in [3.8, 4) is 0 Å². The van der Waals surface area contributed by atoms with Gasteiger partial charge in [0, 0.05) is 16.8 Å². The van der Waals surface area contributed by atoms with Crippen molar-refractivity contribution in [2.75, 3.05) is 26.0 Å². The lowest BCUT2D eigenvalue weighted by Gasteiger charge is -2.38. The highest BCUT2D eigenvalue weighted by molar-refractivity contribution is 7.88. The van der Waals surface area contributed by atoms with Gasteiger partial charge in [-0.25, -0.2) is 0 Å². The first-order valence-electron chi connectivity index (χ1n) is 6.95. The van der Waals surface area contributed by atoms with Gasteiger partial charge in [0.2, 0.25) is 0 Å². The Labute approximate surface area is 114 Å². The zero-order valence-corrected chi connectivity index (χ0v) is 12.5. The molecular weight excluding hydrogens is 248 g/mol. The predicted octanol–water partition coefficient (Wildman–Crippen LogP) is 1.05. The highest BCUT2D eigenvalue weighted by Gasteiger charge is 2.51. The van der Waals surface area contributed by atoms with Crippen molar-refractivity contribution in [1.29, 1.82) is 0 Å².